The van der Waals surface area contributed by atoms with E-state index in [0.717, 1.165) is 17.5 Å². The van der Waals surface area contributed by atoms with Gasteiger partial charge in [0.05, 0.1) is 5.01 Å². The molecule has 1 heterocycles. The number of nitrogens with zero attached hydrogens (tertiary/aromatic N) is 1. The van der Waals surface area contributed by atoms with E-state index in [9.17, 15) is 8.78 Å². The molecule has 84 valence electrons. The van der Waals surface area contributed by atoms with Gasteiger partial charge >= 0.3 is 0 Å². The minimum absolute atomic E-state index is 0.485. The average Bonchev–Trinajstić information content (AvgIpc) is 2.64. The van der Waals surface area contributed by atoms with Gasteiger partial charge in [0.2, 0.25) is 0 Å². The summed E-state index contributed by atoms with van der Waals surface area (Å²) in [6.07, 6.45) is 3.24. The summed E-state index contributed by atoms with van der Waals surface area (Å²) < 4.78 is 25.9. The maximum atomic E-state index is 12.9. The molecule has 0 aliphatic heterocycles. The molecule has 0 aliphatic carbocycles. The molecule has 1 aromatic carbocycles. The lowest BCUT2D eigenvalue weighted by Gasteiger charge is -1.99. The van der Waals surface area contributed by atoms with Crippen molar-refractivity contribution in [1.82, 2.24) is 4.98 Å². The van der Waals surface area contributed by atoms with E-state index in [1.165, 1.54) is 17.0 Å². The van der Waals surface area contributed by atoms with E-state index in [2.05, 4.69) is 11.9 Å². The zero-order valence-corrected chi connectivity index (χ0v) is 9.65. The number of hydrogen-bond donors (Lipinski definition) is 0. The SMILES string of the molecule is CCc1cnc(Cc2cc(F)cc(F)c2)s1. The minimum Gasteiger partial charge on any atom is -0.249 e. The third-order valence-corrected chi connectivity index (χ3v) is 3.37. The third kappa shape index (κ3) is 2.64. The molecule has 1 nitrogen and oxygen atoms in total. The summed E-state index contributed by atoms with van der Waals surface area (Å²) in [5.41, 5.74) is 0.620. The first-order valence-electron chi connectivity index (χ1n) is 5.06. The van der Waals surface area contributed by atoms with Crippen LogP contribution in [0, 0.1) is 11.6 Å². The molecule has 1 aromatic heterocycles. The highest BCUT2D eigenvalue weighted by atomic mass is 32.1. The summed E-state index contributed by atoms with van der Waals surface area (Å²) in [6.45, 7) is 2.05. The molecule has 16 heavy (non-hydrogen) atoms. The summed E-state index contributed by atoms with van der Waals surface area (Å²) in [5.74, 6) is -1.08. The average molecular weight is 239 g/mol. The van der Waals surface area contributed by atoms with Crippen molar-refractivity contribution in [1.29, 1.82) is 0 Å². The molecule has 2 rings (SSSR count). The van der Waals surface area contributed by atoms with Crippen molar-refractivity contribution in [3.8, 4) is 0 Å². The molecule has 0 saturated heterocycles. The van der Waals surface area contributed by atoms with Crippen LogP contribution < -0.4 is 0 Å². The number of aryl methyl sites for hydroxylation is 1. The Balaban J connectivity index is 2.19. The maximum absolute atomic E-state index is 12.9. The Bertz CT molecular complexity index is 473. The molecule has 0 unspecified atom stereocenters. The largest absolute Gasteiger partial charge is 0.249 e. The summed E-state index contributed by atoms with van der Waals surface area (Å²) in [5, 5.41) is 0.891. The van der Waals surface area contributed by atoms with Crippen LogP contribution in [0.15, 0.2) is 24.4 Å². The molecule has 0 radical (unpaired) electrons. The first-order chi connectivity index (χ1) is 7.67. The first kappa shape index (κ1) is 11.2. The first-order valence-corrected chi connectivity index (χ1v) is 5.87. The smallest absolute Gasteiger partial charge is 0.126 e. The molecule has 0 bridgehead atoms. The topological polar surface area (TPSA) is 12.9 Å². The van der Waals surface area contributed by atoms with E-state index in [1.807, 2.05) is 6.20 Å². The number of halogens is 2. The van der Waals surface area contributed by atoms with Crippen molar-refractivity contribution in [3.63, 3.8) is 0 Å². The van der Waals surface area contributed by atoms with Crippen molar-refractivity contribution >= 4 is 11.3 Å². The molecule has 0 aliphatic rings. The Kier molecular flexibility index (Phi) is 3.29. The van der Waals surface area contributed by atoms with E-state index < -0.39 is 11.6 Å². The van der Waals surface area contributed by atoms with Gasteiger partial charge in [-0.15, -0.1) is 11.3 Å². The van der Waals surface area contributed by atoms with Gasteiger partial charge in [0.15, 0.2) is 0 Å². The van der Waals surface area contributed by atoms with Gasteiger partial charge in [-0.2, -0.15) is 0 Å². The second kappa shape index (κ2) is 4.70. The molecule has 0 fully saturated rings. The van der Waals surface area contributed by atoms with Gasteiger partial charge in [-0.05, 0) is 24.1 Å². The van der Waals surface area contributed by atoms with E-state index in [4.69, 9.17) is 0 Å². The lowest BCUT2D eigenvalue weighted by atomic mass is 10.1. The van der Waals surface area contributed by atoms with Crippen LogP contribution in [0.1, 0.15) is 22.4 Å². The van der Waals surface area contributed by atoms with E-state index >= 15 is 0 Å². The van der Waals surface area contributed by atoms with Gasteiger partial charge in [-0.25, -0.2) is 13.8 Å². The molecular weight excluding hydrogens is 228 g/mol. The lowest BCUT2D eigenvalue weighted by molar-refractivity contribution is 0.580. The second-order valence-corrected chi connectivity index (χ2v) is 4.73. The Hall–Kier alpha value is -1.29. The zero-order chi connectivity index (χ0) is 11.5. The van der Waals surface area contributed by atoms with Crippen molar-refractivity contribution in [2.75, 3.05) is 0 Å². The highest BCUT2D eigenvalue weighted by molar-refractivity contribution is 7.11. The number of hydrogen-bond acceptors (Lipinski definition) is 2. The van der Waals surface area contributed by atoms with Crippen molar-refractivity contribution in [2.24, 2.45) is 0 Å². The summed E-state index contributed by atoms with van der Waals surface area (Å²) in [6, 6.07) is 3.56. The van der Waals surface area contributed by atoms with Crippen LogP contribution in [-0.4, -0.2) is 4.98 Å². The molecule has 0 amide bonds. The number of thiazole rings is 1. The standard InChI is InChI=1S/C12H11F2NS/c1-2-11-7-15-12(16-11)5-8-3-9(13)6-10(14)4-8/h3-4,6-7H,2,5H2,1H3. The van der Waals surface area contributed by atoms with Crippen LogP contribution >= 0.6 is 11.3 Å². The van der Waals surface area contributed by atoms with Gasteiger partial charge in [-0.1, -0.05) is 6.92 Å². The van der Waals surface area contributed by atoms with Crippen LogP contribution in [0.5, 0.6) is 0 Å². The van der Waals surface area contributed by atoms with Gasteiger partial charge in [-0.3, -0.25) is 0 Å². The summed E-state index contributed by atoms with van der Waals surface area (Å²) >= 11 is 1.58. The van der Waals surface area contributed by atoms with Crippen LogP contribution in [-0.2, 0) is 12.8 Å². The molecule has 0 spiro atoms. The molecule has 0 atom stereocenters. The fourth-order valence-electron chi connectivity index (χ4n) is 1.48. The predicted octanol–water partition coefficient (Wildman–Crippen LogP) is 3.57. The number of rotatable bonds is 3. The van der Waals surface area contributed by atoms with Gasteiger partial charge in [0, 0.05) is 23.6 Å². The Morgan fingerprint density at radius 1 is 1.19 bits per heavy atom. The van der Waals surface area contributed by atoms with E-state index in [0.29, 0.717) is 12.0 Å². The Morgan fingerprint density at radius 2 is 1.88 bits per heavy atom. The lowest BCUT2D eigenvalue weighted by Crippen LogP contribution is -1.90. The fourth-order valence-corrected chi connectivity index (χ4v) is 2.38. The van der Waals surface area contributed by atoms with E-state index in [-0.39, 0.29) is 0 Å². The number of benzene rings is 1. The minimum atomic E-state index is -0.540. The quantitative estimate of drug-likeness (QED) is 0.797. The van der Waals surface area contributed by atoms with Crippen molar-refractivity contribution in [3.05, 3.63) is 51.5 Å². The van der Waals surface area contributed by atoms with Crippen LogP contribution in [0.4, 0.5) is 8.78 Å². The van der Waals surface area contributed by atoms with Gasteiger partial charge in [0.25, 0.3) is 0 Å². The van der Waals surface area contributed by atoms with Crippen LogP contribution in [0.3, 0.4) is 0 Å². The fraction of sp³-hybridized carbons (Fsp3) is 0.250. The molecule has 2 aromatic rings. The Morgan fingerprint density at radius 3 is 2.44 bits per heavy atom. The highest BCUT2D eigenvalue weighted by Gasteiger charge is 2.05. The van der Waals surface area contributed by atoms with E-state index in [1.54, 1.807) is 11.3 Å². The summed E-state index contributed by atoms with van der Waals surface area (Å²) in [7, 11) is 0. The molecule has 0 saturated carbocycles. The van der Waals surface area contributed by atoms with Crippen LogP contribution in [0.25, 0.3) is 0 Å². The highest BCUT2D eigenvalue weighted by Crippen LogP contribution is 2.18. The van der Waals surface area contributed by atoms with Crippen molar-refractivity contribution in [2.45, 2.75) is 19.8 Å². The predicted molar refractivity (Wildman–Crippen MR) is 60.7 cm³/mol. The zero-order valence-electron chi connectivity index (χ0n) is 8.84. The normalized spacial score (nSPS) is 10.7. The van der Waals surface area contributed by atoms with Crippen LogP contribution in [0.2, 0.25) is 0 Å². The maximum Gasteiger partial charge on any atom is 0.126 e. The number of aromatic nitrogens is 1. The third-order valence-electron chi connectivity index (χ3n) is 2.23. The molecular formula is C12H11F2NS. The Labute approximate surface area is 96.8 Å². The molecule has 0 N–H and O–H groups in total. The van der Waals surface area contributed by atoms with Crippen molar-refractivity contribution < 1.29 is 8.78 Å². The van der Waals surface area contributed by atoms with Gasteiger partial charge < -0.3 is 0 Å². The second-order valence-electron chi connectivity index (χ2n) is 3.53. The molecule has 4 heteroatoms. The monoisotopic (exact) mass is 239 g/mol. The summed E-state index contributed by atoms with van der Waals surface area (Å²) in [4.78, 5) is 5.40. The van der Waals surface area contributed by atoms with Gasteiger partial charge in [0.1, 0.15) is 11.6 Å².